The first-order valence-corrected chi connectivity index (χ1v) is 7.54. The summed E-state index contributed by atoms with van der Waals surface area (Å²) in [6.07, 6.45) is -1.66. The third-order valence-corrected chi connectivity index (χ3v) is 3.78. The van der Waals surface area contributed by atoms with Gasteiger partial charge in [-0.15, -0.1) is 0 Å². The number of ether oxygens (including phenoxy) is 1. The Morgan fingerprint density at radius 2 is 1.71 bits per heavy atom. The zero-order valence-corrected chi connectivity index (χ0v) is 12.7. The van der Waals surface area contributed by atoms with E-state index in [0.29, 0.717) is 11.3 Å². The molecule has 4 nitrogen and oxygen atoms in total. The van der Waals surface area contributed by atoms with Crippen LogP contribution in [0.15, 0.2) is 42.6 Å². The van der Waals surface area contributed by atoms with E-state index in [2.05, 4.69) is 4.98 Å². The first-order valence-electron chi connectivity index (χ1n) is 7.54. The van der Waals surface area contributed by atoms with Crippen molar-refractivity contribution in [2.24, 2.45) is 0 Å². The SMILES string of the molecule is O=C(c1ccc(Oc2ccc(C(F)(F)F)cn2)cc1)N1CCCC1. The molecule has 0 aliphatic carbocycles. The lowest BCUT2D eigenvalue weighted by atomic mass is 10.2. The van der Waals surface area contributed by atoms with Crippen molar-refractivity contribution in [3.8, 4) is 11.6 Å². The Hall–Kier alpha value is -2.57. The second-order valence-corrected chi connectivity index (χ2v) is 5.51. The first kappa shape index (κ1) is 16.3. The van der Waals surface area contributed by atoms with Crippen LogP contribution in [0.2, 0.25) is 0 Å². The summed E-state index contributed by atoms with van der Waals surface area (Å²) < 4.78 is 42.8. The molecule has 0 spiro atoms. The van der Waals surface area contributed by atoms with Crippen molar-refractivity contribution in [3.63, 3.8) is 0 Å². The molecule has 7 heteroatoms. The summed E-state index contributed by atoms with van der Waals surface area (Å²) in [4.78, 5) is 17.7. The largest absolute Gasteiger partial charge is 0.439 e. The molecule has 126 valence electrons. The Bertz CT molecular complexity index is 706. The van der Waals surface area contributed by atoms with Crippen molar-refractivity contribution in [1.29, 1.82) is 0 Å². The Balaban J connectivity index is 1.66. The summed E-state index contributed by atoms with van der Waals surface area (Å²) in [6.45, 7) is 1.54. The van der Waals surface area contributed by atoms with Gasteiger partial charge in [-0.05, 0) is 43.2 Å². The summed E-state index contributed by atoms with van der Waals surface area (Å²) in [5.41, 5.74) is -0.272. The lowest BCUT2D eigenvalue weighted by Crippen LogP contribution is -2.27. The molecule has 0 unspecified atom stereocenters. The predicted octanol–water partition coefficient (Wildman–Crippen LogP) is 4.13. The number of amides is 1. The van der Waals surface area contributed by atoms with Crippen molar-refractivity contribution in [3.05, 3.63) is 53.7 Å². The zero-order valence-electron chi connectivity index (χ0n) is 12.7. The standard InChI is InChI=1S/C17H15F3N2O2/c18-17(19,20)13-5-8-15(21-11-13)24-14-6-3-12(4-7-14)16(23)22-9-1-2-10-22/h3-8,11H,1-2,9-10H2. The van der Waals surface area contributed by atoms with Crippen LogP contribution < -0.4 is 4.74 Å². The molecule has 1 amide bonds. The van der Waals surface area contributed by atoms with E-state index < -0.39 is 11.7 Å². The van der Waals surface area contributed by atoms with E-state index >= 15 is 0 Å². The Labute approximate surface area is 136 Å². The van der Waals surface area contributed by atoms with Gasteiger partial charge < -0.3 is 9.64 Å². The van der Waals surface area contributed by atoms with Gasteiger partial charge in [-0.25, -0.2) is 4.98 Å². The quantitative estimate of drug-likeness (QED) is 0.846. The molecule has 1 aromatic heterocycles. The molecule has 1 saturated heterocycles. The molecule has 0 atom stereocenters. The van der Waals surface area contributed by atoms with Crippen LogP contribution in [0.1, 0.15) is 28.8 Å². The number of rotatable bonds is 3. The highest BCUT2D eigenvalue weighted by molar-refractivity contribution is 5.94. The third-order valence-electron chi connectivity index (χ3n) is 3.78. The molecule has 2 aromatic rings. The van der Waals surface area contributed by atoms with Gasteiger partial charge in [0, 0.05) is 30.9 Å². The van der Waals surface area contributed by atoms with Crippen LogP contribution in [0.25, 0.3) is 0 Å². The van der Waals surface area contributed by atoms with Crippen molar-refractivity contribution >= 4 is 5.91 Å². The number of likely N-dealkylation sites (tertiary alicyclic amines) is 1. The number of halogens is 3. The highest BCUT2D eigenvalue weighted by Crippen LogP contribution is 2.30. The van der Waals surface area contributed by atoms with Crippen molar-refractivity contribution in [1.82, 2.24) is 9.88 Å². The summed E-state index contributed by atoms with van der Waals surface area (Å²) in [6, 6.07) is 8.55. The normalized spacial score (nSPS) is 14.7. The number of carbonyl (C=O) groups is 1. The molecule has 0 N–H and O–H groups in total. The van der Waals surface area contributed by atoms with Crippen LogP contribution in [0, 0.1) is 0 Å². The van der Waals surface area contributed by atoms with E-state index in [4.69, 9.17) is 4.74 Å². The van der Waals surface area contributed by atoms with Gasteiger partial charge in [-0.2, -0.15) is 13.2 Å². The molecule has 3 rings (SSSR count). The predicted molar refractivity (Wildman–Crippen MR) is 80.9 cm³/mol. The molecular formula is C17H15F3N2O2. The van der Waals surface area contributed by atoms with E-state index in [1.54, 1.807) is 29.2 Å². The smallest absolute Gasteiger partial charge is 0.417 e. The number of nitrogens with zero attached hydrogens (tertiary/aromatic N) is 2. The van der Waals surface area contributed by atoms with Crippen LogP contribution in [-0.2, 0) is 6.18 Å². The number of pyridine rings is 1. The van der Waals surface area contributed by atoms with Crippen LogP contribution in [0.3, 0.4) is 0 Å². The minimum absolute atomic E-state index is 0.0216. The maximum absolute atomic E-state index is 12.5. The van der Waals surface area contributed by atoms with Gasteiger partial charge >= 0.3 is 6.18 Å². The van der Waals surface area contributed by atoms with E-state index in [9.17, 15) is 18.0 Å². The molecule has 1 aliphatic heterocycles. The van der Waals surface area contributed by atoms with Crippen molar-refractivity contribution < 1.29 is 22.7 Å². The van der Waals surface area contributed by atoms with Crippen LogP contribution >= 0.6 is 0 Å². The fraction of sp³-hybridized carbons (Fsp3) is 0.294. The minimum Gasteiger partial charge on any atom is -0.439 e. The van der Waals surface area contributed by atoms with Crippen molar-refractivity contribution in [2.75, 3.05) is 13.1 Å². The first-order chi connectivity index (χ1) is 11.4. The number of carbonyl (C=O) groups excluding carboxylic acids is 1. The maximum Gasteiger partial charge on any atom is 0.417 e. The fourth-order valence-corrected chi connectivity index (χ4v) is 2.50. The number of aromatic nitrogens is 1. The van der Waals surface area contributed by atoms with Gasteiger partial charge in [0.15, 0.2) is 0 Å². The highest BCUT2D eigenvalue weighted by Gasteiger charge is 2.30. The summed E-state index contributed by atoms with van der Waals surface area (Å²) >= 11 is 0. The molecule has 0 saturated carbocycles. The summed E-state index contributed by atoms with van der Waals surface area (Å²) in [5, 5.41) is 0. The van der Waals surface area contributed by atoms with Gasteiger partial charge in [0.2, 0.25) is 5.88 Å². The highest BCUT2D eigenvalue weighted by atomic mass is 19.4. The van der Waals surface area contributed by atoms with Crippen molar-refractivity contribution in [2.45, 2.75) is 19.0 Å². The molecule has 24 heavy (non-hydrogen) atoms. The Kier molecular flexibility index (Phi) is 4.42. The number of hydrogen-bond donors (Lipinski definition) is 0. The number of hydrogen-bond acceptors (Lipinski definition) is 3. The maximum atomic E-state index is 12.5. The van der Waals surface area contributed by atoms with Gasteiger partial charge in [0.1, 0.15) is 5.75 Å². The molecule has 1 aliphatic rings. The third kappa shape index (κ3) is 3.67. The van der Waals surface area contributed by atoms with Gasteiger partial charge in [-0.1, -0.05) is 0 Å². The van der Waals surface area contributed by atoms with Gasteiger partial charge in [0.05, 0.1) is 5.56 Å². The average molecular weight is 336 g/mol. The van der Waals surface area contributed by atoms with E-state index in [0.717, 1.165) is 44.3 Å². The molecule has 0 bridgehead atoms. The molecule has 0 radical (unpaired) electrons. The van der Waals surface area contributed by atoms with E-state index in [-0.39, 0.29) is 11.8 Å². The Morgan fingerprint density at radius 3 is 2.25 bits per heavy atom. The van der Waals surface area contributed by atoms with E-state index in [1.807, 2.05) is 0 Å². The summed E-state index contributed by atoms with van der Waals surface area (Å²) in [7, 11) is 0. The molecule has 2 heterocycles. The molecular weight excluding hydrogens is 321 g/mol. The minimum atomic E-state index is -4.43. The average Bonchev–Trinajstić information content (AvgIpc) is 3.09. The van der Waals surface area contributed by atoms with E-state index in [1.165, 1.54) is 0 Å². The Morgan fingerprint density at radius 1 is 1.04 bits per heavy atom. The summed E-state index contributed by atoms with van der Waals surface area (Å²) in [5.74, 6) is 0.438. The monoisotopic (exact) mass is 336 g/mol. The lowest BCUT2D eigenvalue weighted by molar-refractivity contribution is -0.137. The van der Waals surface area contributed by atoms with Gasteiger partial charge in [0.25, 0.3) is 5.91 Å². The van der Waals surface area contributed by atoms with Crippen LogP contribution in [-0.4, -0.2) is 28.9 Å². The topological polar surface area (TPSA) is 42.4 Å². The second-order valence-electron chi connectivity index (χ2n) is 5.51. The molecule has 1 fully saturated rings. The van der Waals surface area contributed by atoms with Gasteiger partial charge in [-0.3, -0.25) is 4.79 Å². The number of benzene rings is 1. The second kappa shape index (κ2) is 6.51. The van der Waals surface area contributed by atoms with Crippen LogP contribution in [0.4, 0.5) is 13.2 Å². The molecule has 1 aromatic carbocycles. The zero-order chi connectivity index (χ0) is 17.2. The lowest BCUT2D eigenvalue weighted by Gasteiger charge is -2.15. The number of alkyl halides is 3. The van der Waals surface area contributed by atoms with Crippen LogP contribution in [0.5, 0.6) is 11.6 Å². The fourth-order valence-electron chi connectivity index (χ4n) is 2.50.